The van der Waals surface area contributed by atoms with Crippen LogP contribution in [0.4, 0.5) is 4.39 Å². The number of piperidine rings is 1. The summed E-state index contributed by atoms with van der Waals surface area (Å²) in [5.74, 6) is -0.437. The Morgan fingerprint density at radius 2 is 2.11 bits per heavy atom. The van der Waals surface area contributed by atoms with Gasteiger partial charge in [-0.3, -0.25) is 10.3 Å². The topological polar surface area (TPSA) is 62.3 Å². The van der Waals surface area contributed by atoms with Gasteiger partial charge in [0.25, 0.3) is 0 Å². The van der Waals surface area contributed by atoms with E-state index in [4.69, 9.17) is 15.9 Å². The largest absolute Gasteiger partial charge is 0.384 e. The Kier molecular flexibility index (Phi) is 4.50. The highest BCUT2D eigenvalue weighted by atomic mass is 19.1. The Morgan fingerprint density at radius 3 is 2.68 bits per heavy atom. The van der Waals surface area contributed by atoms with Gasteiger partial charge in [-0.1, -0.05) is 0 Å². The molecule has 0 atom stereocenters. The minimum Gasteiger partial charge on any atom is -0.384 e. The first-order chi connectivity index (χ1) is 9.08. The molecule has 1 fully saturated rings. The molecule has 5 heteroatoms. The molecule has 104 valence electrons. The Bertz CT molecular complexity index is 456. The van der Waals surface area contributed by atoms with Crippen molar-refractivity contribution in [2.75, 3.05) is 20.2 Å². The molecule has 3 N–H and O–H groups in total. The summed E-state index contributed by atoms with van der Waals surface area (Å²) >= 11 is 0. The van der Waals surface area contributed by atoms with Crippen molar-refractivity contribution in [2.45, 2.75) is 25.5 Å². The number of nitrogens with zero attached hydrogens (tertiary/aromatic N) is 1. The molecule has 1 aromatic carbocycles. The van der Waals surface area contributed by atoms with Crippen molar-refractivity contribution in [2.24, 2.45) is 5.73 Å². The van der Waals surface area contributed by atoms with E-state index in [1.165, 1.54) is 12.1 Å². The predicted molar refractivity (Wildman–Crippen MR) is 72.7 cm³/mol. The van der Waals surface area contributed by atoms with E-state index in [0.717, 1.165) is 31.5 Å². The first-order valence-electron chi connectivity index (χ1n) is 6.47. The van der Waals surface area contributed by atoms with Gasteiger partial charge in [0.1, 0.15) is 11.7 Å². The quantitative estimate of drug-likeness (QED) is 0.643. The zero-order valence-electron chi connectivity index (χ0n) is 11.2. The second kappa shape index (κ2) is 6.12. The smallest absolute Gasteiger partial charge is 0.124 e. The van der Waals surface area contributed by atoms with E-state index in [1.807, 2.05) is 0 Å². The zero-order valence-corrected chi connectivity index (χ0v) is 11.2. The van der Waals surface area contributed by atoms with E-state index in [9.17, 15) is 4.39 Å². The normalized spacial score (nSPS) is 17.6. The van der Waals surface area contributed by atoms with Gasteiger partial charge in [-0.2, -0.15) is 0 Å². The number of nitrogens with two attached hydrogens (primary N) is 1. The number of ether oxygens (including phenoxy) is 1. The maximum absolute atomic E-state index is 13.5. The SMILES string of the molecule is COC1CCN(Cc2cc(F)cc(C(=N)N)c2)CC1. The molecular weight excluding hydrogens is 245 g/mol. The minimum absolute atomic E-state index is 0.0983. The van der Waals surface area contributed by atoms with Crippen molar-refractivity contribution in [1.82, 2.24) is 4.90 Å². The molecular formula is C14H20FN3O. The van der Waals surface area contributed by atoms with E-state index >= 15 is 0 Å². The van der Waals surface area contributed by atoms with Crippen LogP contribution < -0.4 is 5.73 Å². The summed E-state index contributed by atoms with van der Waals surface area (Å²) in [6, 6.07) is 4.59. The number of benzene rings is 1. The Hall–Kier alpha value is -1.46. The van der Waals surface area contributed by atoms with Crippen LogP contribution in [0, 0.1) is 11.2 Å². The van der Waals surface area contributed by atoms with Gasteiger partial charge in [-0.25, -0.2) is 4.39 Å². The van der Waals surface area contributed by atoms with E-state index in [2.05, 4.69) is 4.90 Å². The van der Waals surface area contributed by atoms with Gasteiger partial charge < -0.3 is 10.5 Å². The van der Waals surface area contributed by atoms with Gasteiger partial charge in [0, 0.05) is 32.3 Å². The van der Waals surface area contributed by atoms with Crippen LogP contribution in [0.2, 0.25) is 0 Å². The molecule has 0 radical (unpaired) electrons. The third kappa shape index (κ3) is 3.75. The van der Waals surface area contributed by atoms with Gasteiger partial charge in [-0.15, -0.1) is 0 Å². The number of rotatable bonds is 4. The second-order valence-corrected chi connectivity index (χ2v) is 4.97. The van der Waals surface area contributed by atoms with Crippen LogP contribution in [0.3, 0.4) is 0 Å². The summed E-state index contributed by atoms with van der Waals surface area (Å²) in [6.45, 7) is 2.59. The number of hydrogen-bond donors (Lipinski definition) is 2. The van der Waals surface area contributed by atoms with E-state index < -0.39 is 0 Å². The fourth-order valence-corrected chi connectivity index (χ4v) is 2.46. The summed E-state index contributed by atoms with van der Waals surface area (Å²) in [4.78, 5) is 2.27. The molecule has 0 spiro atoms. The lowest BCUT2D eigenvalue weighted by atomic mass is 10.1. The molecule has 1 heterocycles. The lowest BCUT2D eigenvalue weighted by Crippen LogP contribution is -2.36. The molecule has 0 saturated carbocycles. The van der Waals surface area contributed by atoms with Crippen molar-refractivity contribution in [3.05, 3.63) is 35.1 Å². The molecule has 0 amide bonds. The number of likely N-dealkylation sites (tertiary alicyclic amines) is 1. The maximum Gasteiger partial charge on any atom is 0.124 e. The molecule has 1 aromatic rings. The minimum atomic E-state index is -0.338. The highest BCUT2D eigenvalue weighted by molar-refractivity contribution is 5.95. The molecule has 1 saturated heterocycles. The lowest BCUT2D eigenvalue weighted by molar-refractivity contribution is 0.0388. The summed E-state index contributed by atoms with van der Waals surface area (Å²) < 4.78 is 18.8. The van der Waals surface area contributed by atoms with Gasteiger partial charge >= 0.3 is 0 Å². The van der Waals surface area contributed by atoms with Crippen LogP contribution in [-0.4, -0.2) is 37.0 Å². The van der Waals surface area contributed by atoms with Crippen molar-refractivity contribution >= 4 is 5.84 Å². The van der Waals surface area contributed by atoms with Crippen molar-refractivity contribution in [3.8, 4) is 0 Å². The molecule has 1 aliphatic rings. The highest BCUT2D eigenvalue weighted by Gasteiger charge is 2.18. The second-order valence-electron chi connectivity index (χ2n) is 4.97. The van der Waals surface area contributed by atoms with Crippen LogP contribution in [0.15, 0.2) is 18.2 Å². The van der Waals surface area contributed by atoms with Crippen molar-refractivity contribution < 1.29 is 9.13 Å². The molecule has 0 unspecified atom stereocenters. The van der Waals surface area contributed by atoms with Crippen LogP contribution in [0.1, 0.15) is 24.0 Å². The van der Waals surface area contributed by atoms with Gasteiger partial charge in [0.2, 0.25) is 0 Å². The van der Waals surface area contributed by atoms with Crippen molar-refractivity contribution in [1.29, 1.82) is 5.41 Å². The average molecular weight is 265 g/mol. The molecule has 1 aliphatic heterocycles. The van der Waals surface area contributed by atoms with Gasteiger partial charge in [0.15, 0.2) is 0 Å². The Labute approximate surface area is 112 Å². The third-order valence-corrected chi connectivity index (χ3v) is 3.54. The third-order valence-electron chi connectivity index (χ3n) is 3.54. The fourth-order valence-electron chi connectivity index (χ4n) is 2.46. The first-order valence-corrected chi connectivity index (χ1v) is 6.47. The molecule has 0 aromatic heterocycles. The molecule has 0 bridgehead atoms. The first kappa shape index (κ1) is 14.0. The van der Waals surface area contributed by atoms with E-state index in [1.54, 1.807) is 13.2 Å². The van der Waals surface area contributed by atoms with E-state index in [0.29, 0.717) is 18.2 Å². The van der Waals surface area contributed by atoms with Crippen LogP contribution in [0.25, 0.3) is 0 Å². The maximum atomic E-state index is 13.5. The summed E-state index contributed by atoms with van der Waals surface area (Å²) in [5.41, 5.74) is 6.72. The fraction of sp³-hybridized carbons (Fsp3) is 0.500. The number of methoxy groups -OCH3 is 1. The number of nitrogen functional groups attached to an aromatic ring is 1. The Balaban J connectivity index is 2.01. The zero-order chi connectivity index (χ0) is 13.8. The molecule has 19 heavy (non-hydrogen) atoms. The summed E-state index contributed by atoms with van der Waals surface area (Å²) in [5, 5.41) is 7.38. The standard InChI is InChI=1S/C14H20FN3O/c1-19-13-2-4-18(5-3-13)9-10-6-11(14(16)17)8-12(15)7-10/h6-8,13H,2-5,9H2,1H3,(H3,16,17). The average Bonchev–Trinajstić information content (AvgIpc) is 2.39. The number of nitrogens with one attached hydrogen (secondary N) is 1. The predicted octanol–water partition coefficient (Wildman–Crippen LogP) is 1.72. The molecule has 0 aliphatic carbocycles. The van der Waals surface area contributed by atoms with E-state index in [-0.39, 0.29) is 11.7 Å². The highest BCUT2D eigenvalue weighted by Crippen LogP contribution is 2.17. The lowest BCUT2D eigenvalue weighted by Gasteiger charge is -2.31. The van der Waals surface area contributed by atoms with Gasteiger partial charge in [0.05, 0.1) is 6.10 Å². The molecule has 4 nitrogen and oxygen atoms in total. The van der Waals surface area contributed by atoms with Crippen LogP contribution >= 0.6 is 0 Å². The van der Waals surface area contributed by atoms with Crippen LogP contribution in [0.5, 0.6) is 0 Å². The number of amidine groups is 1. The summed E-state index contributed by atoms with van der Waals surface area (Å²) in [7, 11) is 1.74. The number of hydrogen-bond acceptors (Lipinski definition) is 3. The monoisotopic (exact) mass is 265 g/mol. The number of halogens is 1. The Morgan fingerprint density at radius 1 is 1.42 bits per heavy atom. The molecule has 2 rings (SSSR count). The summed E-state index contributed by atoms with van der Waals surface area (Å²) in [6.07, 6.45) is 2.35. The van der Waals surface area contributed by atoms with Crippen molar-refractivity contribution in [3.63, 3.8) is 0 Å². The van der Waals surface area contributed by atoms with Gasteiger partial charge in [-0.05, 0) is 36.6 Å². The van der Waals surface area contributed by atoms with Crippen LogP contribution in [-0.2, 0) is 11.3 Å².